The lowest BCUT2D eigenvalue weighted by Crippen LogP contribution is -2.38. The summed E-state index contributed by atoms with van der Waals surface area (Å²) in [6.07, 6.45) is 1.12. The fraction of sp³-hybridized carbons (Fsp3) is 0.625. The average Bonchev–Trinajstić information content (AvgIpc) is 2.13. The molecular weight excluding hydrogens is 238 g/mol. The molecule has 0 aromatic heterocycles. The minimum Gasteiger partial charge on any atom is -0.461 e. The molecule has 0 saturated carbocycles. The predicted molar refractivity (Wildman–Crippen MR) is 58.0 cm³/mol. The van der Waals surface area contributed by atoms with Gasteiger partial charge >= 0.3 is 16.4 Å². The van der Waals surface area contributed by atoms with Crippen molar-refractivity contribution in [1.82, 2.24) is 0 Å². The summed E-state index contributed by atoms with van der Waals surface area (Å²) in [4.78, 5) is 10.5. The molecule has 0 amide bonds. The molecule has 0 fully saturated rings. The molecule has 8 heteroatoms. The fourth-order valence-electron chi connectivity index (χ4n) is 0.316. The van der Waals surface area contributed by atoms with Crippen molar-refractivity contribution in [2.75, 3.05) is 13.7 Å². The second-order valence-electron chi connectivity index (χ2n) is 3.39. The first-order valence-electron chi connectivity index (χ1n) is 4.13. The molecule has 0 aliphatic carbocycles. The van der Waals surface area contributed by atoms with Crippen LogP contribution in [0.1, 0.15) is 13.8 Å². The molecule has 0 aromatic carbocycles. The van der Waals surface area contributed by atoms with E-state index < -0.39 is 21.9 Å². The molecule has 0 saturated heterocycles. The predicted octanol–water partition coefficient (Wildman–Crippen LogP) is -0.111. The largest absolute Gasteiger partial charge is 0.461 e. The SMILES string of the molecule is C=CC(=O)OCC(C)(C)N.COS(=O)(=O)O. The molecule has 0 unspecified atom stereocenters. The van der Waals surface area contributed by atoms with Crippen molar-refractivity contribution >= 4 is 16.4 Å². The summed E-state index contributed by atoms with van der Waals surface area (Å²) in [5.74, 6) is -0.432. The third-order valence-electron chi connectivity index (χ3n) is 0.964. The van der Waals surface area contributed by atoms with Gasteiger partial charge in [0.15, 0.2) is 0 Å². The zero-order valence-corrected chi connectivity index (χ0v) is 10.3. The van der Waals surface area contributed by atoms with Gasteiger partial charge in [0.1, 0.15) is 6.61 Å². The summed E-state index contributed by atoms with van der Waals surface area (Å²) in [6, 6.07) is 0. The van der Waals surface area contributed by atoms with E-state index in [-0.39, 0.29) is 6.61 Å². The van der Waals surface area contributed by atoms with E-state index in [9.17, 15) is 13.2 Å². The number of rotatable bonds is 4. The van der Waals surface area contributed by atoms with E-state index in [1.165, 1.54) is 0 Å². The Morgan fingerprint density at radius 2 is 1.94 bits per heavy atom. The van der Waals surface area contributed by atoms with Crippen LogP contribution in [-0.2, 0) is 24.1 Å². The summed E-state index contributed by atoms with van der Waals surface area (Å²) in [7, 11) is -3.29. The number of carbonyl (C=O) groups excluding carboxylic acids is 1. The molecular formula is C8H17NO6S. The van der Waals surface area contributed by atoms with E-state index in [0.717, 1.165) is 13.2 Å². The summed E-state index contributed by atoms with van der Waals surface area (Å²) in [6.45, 7) is 7.03. The van der Waals surface area contributed by atoms with Crippen LogP contribution in [0.3, 0.4) is 0 Å². The fourth-order valence-corrected chi connectivity index (χ4v) is 0.316. The maximum atomic E-state index is 10.5. The first-order valence-corrected chi connectivity index (χ1v) is 5.49. The summed E-state index contributed by atoms with van der Waals surface area (Å²) in [5, 5.41) is 0. The number of hydrogen-bond donors (Lipinski definition) is 2. The van der Waals surface area contributed by atoms with Crippen LogP contribution in [0.4, 0.5) is 0 Å². The molecule has 0 aliphatic heterocycles. The van der Waals surface area contributed by atoms with Crippen molar-refractivity contribution in [2.24, 2.45) is 5.73 Å². The Balaban J connectivity index is 0. The van der Waals surface area contributed by atoms with Crippen LogP contribution in [0.5, 0.6) is 0 Å². The normalized spacial score (nSPS) is 11.1. The van der Waals surface area contributed by atoms with Crippen molar-refractivity contribution in [1.29, 1.82) is 0 Å². The molecule has 0 heterocycles. The number of ether oxygens (including phenoxy) is 1. The van der Waals surface area contributed by atoms with Gasteiger partial charge < -0.3 is 10.5 Å². The Bertz CT molecular complexity index is 316. The van der Waals surface area contributed by atoms with Crippen LogP contribution in [-0.4, -0.2) is 38.2 Å². The average molecular weight is 255 g/mol. The molecule has 0 spiro atoms. The van der Waals surface area contributed by atoms with E-state index in [2.05, 4.69) is 15.5 Å². The van der Waals surface area contributed by atoms with Gasteiger partial charge in [-0.3, -0.25) is 8.74 Å². The van der Waals surface area contributed by atoms with E-state index in [1.807, 2.05) is 0 Å². The Morgan fingerprint density at radius 1 is 1.56 bits per heavy atom. The molecule has 0 bridgehead atoms. The number of esters is 1. The van der Waals surface area contributed by atoms with Gasteiger partial charge in [-0.05, 0) is 13.8 Å². The van der Waals surface area contributed by atoms with E-state index in [1.54, 1.807) is 13.8 Å². The van der Waals surface area contributed by atoms with Gasteiger partial charge in [-0.1, -0.05) is 6.58 Å². The summed E-state index contributed by atoms with van der Waals surface area (Å²) in [5.41, 5.74) is 5.07. The van der Waals surface area contributed by atoms with Crippen molar-refractivity contribution in [2.45, 2.75) is 19.4 Å². The molecule has 3 N–H and O–H groups in total. The standard InChI is InChI=1S/C7H13NO2.CH4O4S/c1-4-6(9)10-5-7(2,3)8;1-5-6(2,3)4/h4H,1,5,8H2,2-3H3;1H3,(H,2,3,4). The smallest absolute Gasteiger partial charge is 0.397 e. The van der Waals surface area contributed by atoms with Crippen LogP contribution in [0.15, 0.2) is 12.7 Å². The van der Waals surface area contributed by atoms with Crippen molar-refractivity contribution in [3.8, 4) is 0 Å². The quantitative estimate of drug-likeness (QED) is 0.409. The third-order valence-corrected chi connectivity index (χ3v) is 1.38. The van der Waals surface area contributed by atoms with Gasteiger partial charge in [0.2, 0.25) is 0 Å². The second-order valence-corrected chi connectivity index (χ2v) is 4.58. The minimum atomic E-state index is -4.16. The Labute approximate surface area is 95.2 Å². The molecule has 7 nitrogen and oxygen atoms in total. The molecule has 96 valence electrons. The van der Waals surface area contributed by atoms with Gasteiger partial charge in [-0.2, -0.15) is 8.42 Å². The Hall–Kier alpha value is -0.960. The van der Waals surface area contributed by atoms with Crippen LogP contribution in [0.2, 0.25) is 0 Å². The van der Waals surface area contributed by atoms with Gasteiger partial charge in [-0.15, -0.1) is 0 Å². The van der Waals surface area contributed by atoms with Crippen LogP contribution in [0, 0.1) is 0 Å². The maximum Gasteiger partial charge on any atom is 0.397 e. The van der Waals surface area contributed by atoms with Gasteiger partial charge in [0.05, 0.1) is 7.11 Å². The highest BCUT2D eigenvalue weighted by Crippen LogP contribution is 1.96. The second kappa shape index (κ2) is 7.34. The van der Waals surface area contributed by atoms with Crippen molar-refractivity contribution in [3.63, 3.8) is 0 Å². The molecule has 0 radical (unpaired) electrons. The van der Waals surface area contributed by atoms with Crippen LogP contribution < -0.4 is 5.73 Å². The topological polar surface area (TPSA) is 116 Å². The molecule has 0 aromatic rings. The molecule has 0 aliphatic rings. The van der Waals surface area contributed by atoms with Gasteiger partial charge in [0, 0.05) is 11.6 Å². The first-order chi connectivity index (χ1) is 7.02. The van der Waals surface area contributed by atoms with Crippen molar-refractivity contribution in [3.05, 3.63) is 12.7 Å². The lowest BCUT2D eigenvalue weighted by atomic mass is 10.1. The summed E-state index contributed by atoms with van der Waals surface area (Å²) >= 11 is 0. The van der Waals surface area contributed by atoms with Crippen LogP contribution in [0.25, 0.3) is 0 Å². The molecule has 16 heavy (non-hydrogen) atoms. The lowest BCUT2D eigenvalue weighted by molar-refractivity contribution is -0.139. The lowest BCUT2D eigenvalue weighted by Gasteiger charge is -2.16. The van der Waals surface area contributed by atoms with Crippen LogP contribution >= 0.6 is 0 Å². The Morgan fingerprint density at radius 3 is 2.12 bits per heavy atom. The third kappa shape index (κ3) is 18.8. The first kappa shape index (κ1) is 17.4. The zero-order chi connectivity index (χ0) is 13.4. The molecule has 0 atom stereocenters. The highest BCUT2D eigenvalue weighted by molar-refractivity contribution is 7.80. The van der Waals surface area contributed by atoms with E-state index in [4.69, 9.17) is 10.3 Å². The van der Waals surface area contributed by atoms with E-state index >= 15 is 0 Å². The maximum absolute atomic E-state index is 10.5. The minimum absolute atomic E-state index is 0.220. The zero-order valence-electron chi connectivity index (χ0n) is 9.47. The summed E-state index contributed by atoms with van der Waals surface area (Å²) < 4.78 is 34.4. The monoisotopic (exact) mass is 255 g/mol. The Kier molecular flexibility index (Phi) is 7.99. The van der Waals surface area contributed by atoms with E-state index in [0.29, 0.717) is 0 Å². The molecule has 0 rings (SSSR count). The van der Waals surface area contributed by atoms with Crippen molar-refractivity contribution < 1.29 is 26.7 Å². The number of nitrogens with two attached hydrogens (primary N) is 1. The number of hydrogen-bond acceptors (Lipinski definition) is 6. The number of carbonyl (C=O) groups is 1. The van der Waals surface area contributed by atoms with Gasteiger partial charge in [-0.25, -0.2) is 4.79 Å². The highest BCUT2D eigenvalue weighted by Gasteiger charge is 2.11. The van der Waals surface area contributed by atoms with Gasteiger partial charge in [0.25, 0.3) is 0 Å². The highest BCUT2D eigenvalue weighted by atomic mass is 32.3.